The summed E-state index contributed by atoms with van der Waals surface area (Å²) < 4.78 is 17.7. The van der Waals surface area contributed by atoms with Crippen LogP contribution in [0.15, 0.2) is 54.6 Å². The molecule has 2 unspecified atom stereocenters. The molecule has 11 heteroatoms. The smallest absolute Gasteiger partial charge is 0.347 e. The van der Waals surface area contributed by atoms with E-state index < -0.39 is 25.3 Å². The Balaban J connectivity index is 0.00000432. The van der Waals surface area contributed by atoms with Crippen molar-refractivity contribution >= 4 is 31.8 Å². The zero-order valence-electron chi connectivity index (χ0n) is 19.4. The molecule has 1 heterocycles. The number of rotatable bonds is 11. The minimum atomic E-state index is -4.54. The molecule has 0 aromatic heterocycles. The van der Waals surface area contributed by atoms with Crippen molar-refractivity contribution in [2.75, 3.05) is 13.1 Å². The number of nitrogens with two attached hydrogens (primary N) is 1. The summed E-state index contributed by atoms with van der Waals surface area (Å²) in [6.07, 6.45) is 3.21. The highest BCUT2D eigenvalue weighted by molar-refractivity contribution is 7.52. The quantitative estimate of drug-likeness (QED) is 0.259. The lowest BCUT2D eigenvalue weighted by Gasteiger charge is -2.27. The van der Waals surface area contributed by atoms with Gasteiger partial charge in [0.25, 0.3) is 5.91 Å². The summed E-state index contributed by atoms with van der Waals surface area (Å²) in [6.45, 7) is 0.890. The standard InChI is InChI=1S/C24H32N3O6P.ClH/c25-15-6-2-5-14-22(34(30,31)32)26-23(28)21-13-8-16-27(21)24(29)18-9-7-12-20(17-18)33-19-10-3-1-4-11-19;/h1,3-4,7,9-12,17,21-22H,2,5-6,8,13-16,25H2,(H,26,28)(H2,30,31,32);1H. The van der Waals surface area contributed by atoms with E-state index in [0.29, 0.717) is 49.4 Å². The topological polar surface area (TPSA) is 142 Å². The molecule has 3 rings (SSSR count). The Labute approximate surface area is 211 Å². The summed E-state index contributed by atoms with van der Waals surface area (Å²) in [6, 6.07) is 15.1. The van der Waals surface area contributed by atoms with Crippen LogP contribution in [0, 0.1) is 0 Å². The number of carbonyl (C=O) groups is 2. The molecule has 1 saturated heterocycles. The maximum atomic E-state index is 13.2. The molecule has 1 fully saturated rings. The van der Waals surface area contributed by atoms with Crippen LogP contribution in [0.2, 0.25) is 0 Å². The van der Waals surface area contributed by atoms with Crippen LogP contribution in [0.4, 0.5) is 0 Å². The molecule has 0 radical (unpaired) electrons. The lowest BCUT2D eigenvalue weighted by molar-refractivity contribution is -0.125. The van der Waals surface area contributed by atoms with Crippen molar-refractivity contribution in [3.63, 3.8) is 0 Å². The van der Waals surface area contributed by atoms with Gasteiger partial charge >= 0.3 is 7.60 Å². The minimum absolute atomic E-state index is 0. The van der Waals surface area contributed by atoms with E-state index in [1.165, 1.54) is 4.90 Å². The van der Waals surface area contributed by atoms with Gasteiger partial charge in [-0.15, -0.1) is 12.4 Å². The van der Waals surface area contributed by atoms with Gasteiger partial charge in [-0.05, 0) is 62.6 Å². The molecule has 0 spiro atoms. The van der Waals surface area contributed by atoms with E-state index in [4.69, 9.17) is 10.5 Å². The van der Waals surface area contributed by atoms with Crippen molar-refractivity contribution in [2.45, 2.75) is 50.3 Å². The molecule has 2 atom stereocenters. The summed E-state index contributed by atoms with van der Waals surface area (Å²) >= 11 is 0. The molecule has 2 amide bonds. The molecular formula is C24H33ClN3O6P. The lowest BCUT2D eigenvalue weighted by Crippen LogP contribution is -2.48. The zero-order chi connectivity index (χ0) is 24.6. The Bertz CT molecular complexity index is 1020. The summed E-state index contributed by atoms with van der Waals surface area (Å²) in [4.78, 5) is 47.0. The van der Waals surface area contributed by atoms with Crippen LogP contribution in [-0.4, -0.2) is 51.4 Å². The van der Waals surface area contributed by atoms with Crippen LogP contribution in [0.25, 0.3) is 0 Å². The Morgan fingerprint density at radius 1 is 1.09 bits per heavy atom. The number of amides is 2. The molecule has 192 valence electrons. The molecule has 0 aliphatic carbocycles. The van der Waals surface area contributed by atoms with Gasteiger partial charge in [-0.25, -0.2) is 0 Å². The van der Waals surface area contributed by atoms with E-state index in [1.807, 2.05) is 30.3 Å². The number of carbonyl (C=O) groups excluding carboxylic acids is 2. The van der Waals surface area contributed by atoms with Crippen molar-refractivity contribution in [3.05, 3.63) is 60.2 Å². The van der Waals surface area contributed by atoms with Gasteiger partial charge in [-0.3, -0.25) is 14.2 Å². The molecule has 35 heavy (non-hydrogen) atoms. The zero-order valence-corrected chi connectivity index (χ0v) is 21.1. The molecule has 0 saturated carbocycles. The normalized spacial score (nSPS) is 16.3. The first kappa shape index (κ1) is 28.8. The van der Waals surface area contributed by atoms with E-state index in [2.05, 4.69) is 5.32 Å². The number of likely N-dealkylation sites (tertiary alicyclic amines) is 1. The number of ether oxygens (including phenoxy) is 1. The highest BCUT2D eigenvalue weighted by Gasteiger charge is 2.38. The first-order valence-electron chi connectivity index (χ1n) is 11.5. The van der Waals surface area contributed by atoms with Gasteiger partial charge in [0.2, 0.25) is 5.91 Å². The van der Waals surface area contributed by atoms with E-state index in [1.54, 1.807) is 24.3 Å². The van der Waals surface area contributed by atoms with Crippen LogP contribution in [0.5, 0.6) is 11.5 Å². The van der Waals surface area contributed by atoms with Gasteiger partial charge in [-0.2, -0.15) is 0 Å². The van der Waals surface area contributed by atoms with Crippen molar-refractivity contribution in [1.82, 2.24) is 10.2 Å². The van der Waals surface area contributed by atoms with E-state index in [0.717, 1.165) is 12.8 Å². The van der Waals surface area contributed by atoms with E-state index in [-0.39, 0.29) is 24.7 Å². The Morgan fingerprint density at radius 3 is 2.49 bits per heavy atom. The Hall–Kier alpha value is -2.42. The van der Waals surface area contributed by atoms with E-state index in [9.17, 15) is 23.9 Å². The number of unbranched alkanes of at least 4 members (excludes halogenated alkanes) is 2. The number of hydrogen-bond acceptors (Lipinski definition) is 5. The minimum Gasteiger partial charge on any atom is -0.457 e. The molecule has 5 N–H and O–H groups in total. The number of halogens is 1. The summed E-state index contributed by atoms with van der Waals surface area (Å²) in [5, 5.41) is 2.50. The maximum absolute atomic E-state index is 13.2. The highest BCUT2D eigenvalue weighted by atomic mass is 35.5. The van der Waals surface area contributed by atoms with Crippen LogP contribution >= 0.6 is 20.0 Å². The van der Waals surface area contributed by atoms with Gasteiger partial charge in [0, 0.05) is 12.1 Å². The molecule has 9 nitrogen and oxygen atoms in total. The predicted octanol–water partition coefficient (Wildman–Crippen LogP) is 3.64. The summed E-state index contributed by atoms with van der Waals surface area (Å²) in [7, 11) is -4.54. The molecule has 2 aromatic rings. The van der Waals surface area contributed by atoms with Crippen LogP contribution in [0.1, 0.15) is 48.9 Å². The predicted molar refractivity (Wildman–Crippen MR) is 136 cm³/mol. The number of nitrogens with one attached hydrogen (secondary N) is 1. The fourth-order valence-electron chi connectivity index (χ4n) is 4.01. The summed E-state index contributed by atoms with van der Waals surface area (Å²) in [5.74, 6) is -1.02. The second-order valence-electron chi connectivity index (χ2n) is 8.35. The van der Waals surface area contributed by atoms with Gasteiger partial charge in [0.05, 0.1) is 0 Å². The average molecular weight is 526 g/mol. The van der Waals surface area contributed by atoms with Crippen molar-refractivity contribution < 1.29 is 28.7 Å². The first-order chi connectivity index (χ1) is 16.3. The van der Waals surface area contributed by atoms with Gasteiger partial charge in [0.15, 0.2) is 0 Å². The van der Waals surface area contributed by atoms with Gasteiger partial charge in [-0.1, -0.05) is 37.1 Å². The van der Waals surface area contributed by atoms with Crippen LogP contribution < -0.4 is 15.8 Å². The lowest BCUT2D eigenvalue weighted by atomic mass is 10.1. The van der Waals surface area contributed by atoms with Gasteiger partial charge in [0.1, 0.15) is 23.3 Å². The number of para-hydroxylation sites is 1. The number of benzene rings is 2. The fourth-order valence-corrected chi connectivity index (χ4v) is 4.82. The first-order valence-corrected chi connectivity index (χ1v) is 13.2. The molecule has 1 aliphatic rings. The van der Waals surface area contributed by atoms with Crippen LogP contribution in [0.3, 0.4) is 0 Å². The largest absolute Gasteiger partial charge is 0.457 e. The third-order valence-electron chi connectivity index (χ3n) is 5.77. The Morgan fingerprint density at radius 2 is 1.80 bits per heavy atom. The molecule has 1 aliphatic heterocycles. The van der Waals surface area contributed by atoms with Crippen molar-refractivity contribution in [1.29, 1.82) is 0 Å². The van der Waals surface area contributed by atoms with E-state index >= 15 is 0 Å². The molecule has 2 aromatic carbocycles. The number of nitrogens with zero attached hydrogens (tertiary/aromatic N) is 1. The fraction of sp³-hybridized carbons (Fsp3) is 0.417. The van der Waals surface area contributed by atoms with Crippen molar-refractivity contribution in [2.24, 2.45) is 5.73 Å². The number of hydrogen-bond donors (Lipinski definition) is 4. The monoisotopic (exact) mass is 525 g/mol. The van der Waals surface area contributed by atoms with Crippen LogP contribution in [-0.2, 0) is 9.36 Å². The third kappa shape index (κ3) is 8.33. The highest BCUT2D eigenvalue weighted by Crippen LogP contribution is 2.42. The molecular weight excluding hydrogens is 493 g/mol. The Kier molecular flexibility index (Phi) is 11.2. The second-order valence-corrected chi connectivity index (χ2v) is 10.2. The summed E-state index contributed by atoms with van der Waals surface area (Å²) in [5.41, 5.74) is 5.84. The SMILES string of the molecule is Cl.NCCCCCC(NC(=O)C1CCCN1C(=O)c1cccc(Oc2ccccc2)c1)P(=O)(O)O. The second kappa shape index (κ2) is 13.6. The average Bonchev–Trinajstić information content (AvgIpc) is 3.31. The maximum Gasteiger partial charge on any atom is 0.347 e. The third-order valence-corrected chi connectivity index (χ3v) is 6.97. The van der Waals surface area contributed by atoms with Crippen molar-refractivity contribution in [3.8, 4) is 11.5 Å². The van der Waals surface area contributed by atoms with Gasteiger partial charge < -0.3 is 30.5 Å². The molecule has 0 bridgehead atoms.